The van der Waals surface area contributed by atoms with Gasteiger partial charge < -0.3 is 15.5 Å². The Morgan fingerprint density at radius 2 is 1.88 bits per heavy atom. The molecule has 0 aromatic heterocycles. The van der Waals surface area contributed by atoms with Crippen LogP contribution in [0.15, 0.2) is 0 Å². The summed E-state index contributed by atoms with van der Waals surface area (Å²) in [5.74, 6) is -1.35. The number of carbonyl (C=O) groups excluding carboxylic acids is 1. The van der Waals surface area contributed by atoms with Gasteiger partial charge in [0.05, 0.1) is 6.54 Å². The zero-order valence-electron chi connectivity index (χ0n) is 8.98. The monoisotopic (exact) mass is 231 g/mol. The number of nitrogens with zero attached hydrogens (tertiary/aromatic N) is 1. The van der Waals surface area contributed by atoms with Gasteiger partial charge in [0.15, 0.2) is 6.10 Å². The van der Waals surface area contributed by atoms with E-state index >= 15 is 0 Å². The smallest absolute Gasteiger partial charge is 0.334 e. The lowest BCUT2D eigenvalue weighted by atomic mass is 10.2. The van der Waals surface area contributed by atoms with Crippen molar-refractivity contribution in [3.05, 3.63) is 0 Å². The lowest BCUT2D eigenvalue weighted by molar-refractivity contribution is -0.146. The lowest BCUT2D eigenvalue weighted by Gasteiger charge is -2.26. The number of nitrogens with one attached hydrogen (secondary N) is 2. The molecule has 16 heavy (non-hydrogen) atoms. The van der Waals surface area contributed by atoms with Crippen molar-refractivity contribution in [1.82, 2.24) is 15.8 Å². The highest BCUT2D eigenvalue weighted by Crippen LogP contribution is 2.05. The van der Waals surface area contributed by atoms with Crippen molar-refractivity contribution in [2.75, 3.05) is 19.6 Å². The molecule has 0 unspecified atom stereocenters. The van der Waals surface area contributed by atoms with Gasteiger partial charge in [-0.25, -0.2) is 14.6 Å². The number of hydrogen-bond acceptors (Lipinski definition) is 4. The first-order valence-electron chi connectivity index (χ1n) is 5.30. The Hall–Kier alpha value is -1.34. The van der Waals surface area contributed by atoms with Gasteiger partial charge in [-0.05, 0) is 12.8 Å². The molecule has 1 saturated heterocycles. The number of carboxylic acid groups (broad SMARTS) is 1. The van der Waals surface area contributed by atoms with E-state index in [1.807, 2.05) is 0 Å². The molecule has 1 atom stereocenters. The van der Waals surface area contributed by atoms with Crippen LogP contribution in [0.1, 0.15) is 19.3 Å². The second kappa shape index (κ2) is 6.29. The van der Waals surface area contributed by atoms with E-state index in [-0.39, 0.29) is 6.54 Å². The van der Waals surface area contributed by atoms with E-state index in [2.05, 4.69) is 10.7 Å². The zero-order valence-corrected chi connectivity index (χ0v) is 8.98. The van der Waals surface area contributed by atoms with E-state index in [1.165, 1.54) is 0 Å². The summed E-state index contributed by atoms with van der Waals surface area (Å²) in [5, 5.41) is 21.4. The molecular weight excluding hydrogens is 214 g/mol. The highest BCUT2D eigenvalue weighted by molar-refractivity contribution is 5.76. The molecular formula is C9H17N3O4. The van der Waals surface area contributed by atoms with Crippen LogP contribution in [-0.4, -0.2) is 53.0 Å². The van der Waals surface area contributed by atoms with Crippen LogP contribution >= 0.6 is 0 Å². The molecule has 1 aliphatic heterocycles. The molecule has 0 radical (unpaired) electrons. The van der Waals surface area contributed by atoms with Gasteiger partial charge in [0.25, 0.3) is 0 Å². The minimum Gasteiger partial charge on any atom is -0.479 e. The third-order valence-electron chi connectivity index (χ3n) is 2.36. The fourth-order valence-corrected chi connectivity index (χ4v) is 1.47. The molecule has 7 heteroatoms. The van der Waals surface area contributed by atoms with Crippen LogP contribution in [0.5, 0.6) is 0 Å². The maximum absolute atomic E-state index is 11.3. The van der Waals surface area contributed by atoms with Crippen LogP contribution in [0.3, 0.4) is 0 Å². The van der Waals surface area contributed by atoms with Crippen LogP contribution in [0, 0.1) is 0 Å². The molecule has 1 fully saturated rings. The molecule has 7 nitrogen and oxygen atoms in total. The first-order chi connectivity index (χ1) is 7.59. The number of piperidine rings is 1. The van der Waals surface area contributed by atoms with Crippen molar-refractivity contribution < 1.29 is 19.8 Å². The van der Waals surface area contributed by atoms with E-state index < -0.39 is 18.1 Å². The Morgan fingerprint density at radius 3 is 2.44 bits per heavy atom. The summed E-state index contributed by atoms with van der Waals surface area (Å²) in [6.45, 7) is 1.30. The van der Waals surface area contributed by atoms with Crippen molar-refractivity contribution in [1.29, 1.82) is 0 Å². The number of aliphatic hydroxyl groups is 1. The van der Waals surface area contributed by atoms with E-state index in [1.54, 1.807) is 5.01 Å². The molecule has 1 aliphatic rings. The molecule has 0 spiro atoms. The number of urea groups is 1. The Morgan fingerprint density at radius 1 is 1.25 bits per heavy atom. The molecule has 0 aliphatic carbocycles. The van der Waals surface area contributed by atoms with E-state index in [0.29, 0.717) is 0 Å². The van der Waals surface area contributed by atoms with E-state index in [4.69, 9.17) is 10.2 Å². The highest BCUT2D eigenvalue weighted by Gasteiger charge is 2.16. The third-order valence-corrected chi connectivity index (χ3v) is 2.36. The number of aliphatic carboxylic acids is 1. The number of hydrogen-bond donors (Lipinski definition) is 4. The quantitative estimate of drug-likeness (QED) is 0.504. The van der Waals surface area contributed by atoms with E-state index in [0.717, 1.165) is 32.4 Å². The van der Waals surface area contributed by atoms with Gasteiger partial charge in [-0.2, -0.15) is 0 Å². The molecule has 1 heterocycles. The topological polar surface area (TPSA) is 102 Å². The van der Waals surface area contributed by atoms with Crippen LogP contribution in [0.4, 0.5) is 4.79 Å². The largest absolute Gasteiger partial charge is 0.479 e. The molecule has 0 aromatic rings. The fraction of sp³-hybridized carbons (Fsp3) is 0.778. The number of hydrazine groups is 1. The summed E-state index contributed by atoms with van der Waals surface area (Å²) in [6.07, 6.45) is 1.68. The molecule has 0 saturated carbocycles. The predicted octanol–water partition coefficient (Wildman–Crippen LogP) is -0.868. The summed E-state index contributed by atoms with van der Waals surface area (Å²) in [7, 11) is 0. The second-order valence-corrected chi connectivity index (χ2v) is 3.72. The van der Waals surface area contributed by atoms with Crippen molar-refractivity contribution in [2.24, 2.45) is 0 Å². The predicted molar refractivity (Wildman–Crippen MR) is 55.6 cm³/mol. The van der Waals surface area contributed by atoms with Crippen molar-refractivity contribution >= 4 is 12.0 Å². The van der Waals surface area contributed by atoms with Crippen molar-refractivity contribution in [2.45, 2.75) is 25.4 Å². The van der Waals surface area contributed by atoms with Gasteiger partial charge >= 0.3 is 12.0 Å². The molecule has 4 N–H and O–H groups in total. The number of amides is 2. The number of aliphatic hydroxyl groups excluding tert-OH is 1. The standard InChI is InChI=1S/C9H17N3O4/c13-7(8(14)15)6-10-9(16)11-12-4-2-1-3-5-12/h7,13H,1-6H2,(H,14,15)(H2,10,11,16)/t7-/m0/s1. The van der Waals surface area contributed by atoms with Gasteiger partial charge in [-0.3, -0.25) is 5.43 Å². The zero-order chi connectivity index (χ0) is 12.0. The Labute approximate surface area is 93.4 Å². The average molecular weight is 231 g/mol. The Bertz CT molecular complexity index is 253. The third kappa shape index (κ3) is 4.45. The molecule has 1 rings (SSSR count). The number of carbonyl (C=O) groups is 2. The minimum atomic E-state index is -1.56. The van der Waals surface area contributed by atoms with Gasteiger partial charge in [0.2, 0.25) is 0 Å². The van der Waals surface area contributed by atoms with Crippen molar-refractivity contribution in [3.8, 4) is 0 Å². The fourth-order valence-electron chi connectivity index (χ4n) is 1.47. The number of rotatable bonds is 4. The first-order valence-corrected chi connectivity index (χ1v) is 5.30. The van der Waals surface area contributed by atoms with Gasteiger partial charge in [0, 0.05) is 13.1 Å². The molecule has 0 bridgehead atoms. The van der Waals surface area contributed by atoms with Gasteiger partial charge in [0.1, 0.15) is 0 Å². The summed E-state index contributed by atoms with van der Waals surface area (Å²) in [5.41, 5.74) is 2.59. The highest BCUT2D eigenvalue weighted by atomic mass is 16.4. The second-order valence-electron chi connectivity index (χ2n) is 3.72. The summed E-state index contributed by atoms with van der Waals surface area (Å²) in [4.78, 5) is 21.5. The maximum atomic E-state index is 11.3. The normalized spacial score (nSPS) is 18.8. The SMILES string of the molecule is O=C(NC[C@H](O)C(=O)O)NN1CCCCC1. The molecule has 92 valence electrons. The summed E-state index contributed by atoms with van der Waals surface area (Å²) < 4.78 is 0. The van der Waals surface area contributed by atoms with Crippen LogP contribution in [0.2, 0.25) is 0 Å². The maximum Gasteiger partial charge on any atom is 0.334 e. The summed E-state index contributed by atoms with van der Waals surface area (Å²) >= 11 is 0. The summed E-state index contributed by atoms with van der Waals surface area (Å²) in [6, 6.07) is -0.484. The van der Waals surface area contributed by atoms with Crippen LogP contribution < -0.4 is 10.7 Å². The van der Waals surface area contributed by atoms with Gasteiger partial charge in [-0.15, -0.1) is 0 Å². The lowest BCUT2D eigenvalue weighted by Crippen LogP contribution is -2.51. The van der Waals surface area contributed by atoms with Crippen molar-refractivity contribution in [3.63, 3.8) is 0 Å². The minimum absolute atomic E-state index is 0.297. The van der Waals surface area contributed by atoms with Gasteiger partial charge in [-0.1, -0.05) is 6.42 Å². The van der Waals surface area contributed by atoms with E-state index in [9.17, 15) is 9.59 Å². The Balaban J connectivity index is 2.17. The van der Waals surface area contributed by atoms with Crippen LogP contribution in [0.25, 0.3) is 0 Å². The molecule has 0 aromatic carbocycles. The average Bonchev–Trinajstić information content (AvgIpc) is 2.27. The van der Waals surface area contributed by atoms with Crippen LogP contribution in [-0.2, 0) is 4.79 Å². The Kier molecular flexibility index (Phi) is 5.00. The first kappa shape index (κ1) is 12.7. The number of carboxylic acids is 1. The molecule has 2 amide bonds.